The van der Waals surface area contributed by atoms with Crippen LogP contribution in [0.4, 0.5) is 0 Å². The van der Waals surface area contributed by atoms with Crippen molar-refractivity contribution in [2.24, 2.45) is 35.5 Å². The van der Waals surface area contributed by atoms with Crippen LogP contribution in [0.2, 0.25) is 0 Å². The molecule has 242 valence electrons. The van der Waals surface area contributed by atoms with Crippen molar-refractivity contribution in [1.29, 1.82) is 0 Å². The third-order valence-electron chi connectivity index (χ3n) is 8.48. The van der Waals surface area contributed by atoms with Gasteiger partial charge in [-0.05, 0) is 82.0 Å². The second-order valence-corrected chi connectivity index (χ2v) is 14.5. The van der Waals surface area contributed by atoms with Gasteiger partial charge in [0.1, 0.15) is 0 Å². The Bertz CT molecular complexity index is 818. The van der Waals surface area contributed by atoms with Gasteiger partial charge in [-0.2, -0.15) is 0 Å². The third kappa shape index (κ3) is 26.1. The Hall–Kier alpha value is -1.60. The SMILES string of the molecule is COC(C)(C)CCCC(C)/C=C/C/C(C)=C/C=C/C(C)/C=C/C=C/C(C)/C=C/CC(C)CCCC(C)CCCC(C)C. The summed E-state index contributed by atoms with van der Waals surface area (Å²) in [6.45, 7) is 22.9. The van der Waals surface area contributed by atoms with E-state index in [4.69, 9.17) is 4.74 Å². The fourth-order valence-electron chi connectivity index (χ4n) is 5.08. The zero-order valence-electron chi connectivity index (χ0n) is 30.0. The molecule has 0 amide bonds. The van der Waals surface area contributed by atoms with E-state index in [9.17, 15) is 0 Å². The number of hydrogen-bond acceptors (Lipinski definition) is 1. The first kappa shape index (κ1) is 40.4. The van der Waals surface area contributed by atoms with Crippen molar-refractivity contribution in [3.05, 3.63) is 72.4 Å². The molecule has 0 bridgehead atoms. The van der Waals surface area contributed by atoms with Crippen LogP contribution < -0.4 is 0 Å². The zero-order chi connectivity index (χ0) is 31.8. The largest absolute Gasteiger partial charge is 0.379 e. The van der Waals surface area contributed by atoms with E-state index in [1.807, 2.05) is 0 Å². The highest BCUT2D eigenvalue weighted by Gasteiger charge is 2.15. The molecule has 0 aromatic rings. The molecule has 0 spiro atoms. The number of hydrogen-bond donors (Lipinski definition) is 0. The summed E-state index contributed by atoms with van der Waals surface area (Å²) in [5.41, 5.74) is 1.39. The molecular weight excluding hydrogens is 508 g/mol. The van der Waals surface area contributed by atoms with Crippen molar-refractivity contribution in [2.45, 2.75) is 145 Å². The first-order valence-corrected chi connectivity index (χ1v) is 17.4. The first-order chi connectivity index (χ1) is 19.8. The highest BCUT2D eigenvalue weighted by atomic mass is 16.5. The highest BCUT2D eigenvalue weighted by molar-refractivity contribution is 5.17. The lowest BCUT2D eigenvalue weighted by Gasteiger charge is -2.23. The van der Waals surface area contributed by atoms with Crippen molar-refractivity contribution in [1.82, 2.24) is 0 Å². The van der Waals surface area contributed by atoms with Gasteiger partial charge >= 0.3 is 0 Å². The standard InChI is InChI=1S/C41H72O/c1-34(2)20-14-23-37(5)26-17-29-38(6)27-15-24-35(3)21-12-13-22-36(4)25-16-28-39(7)30-18-31-40(8)32-19-33-41(9,10)42-11/h12-13,15-16,18,21-22,24-25,28,31,34-38,40H,14,17,19-20,23,26-27,29-30,32-33H2,1-11H3/b21-12+,22-13+,24-15+,25-16+,31-18+,39-28+. The van der Waals surface area contributed by atoms with E-state index >= 15 is 0 Å². The molecular formula is C41H72O. The maximum atomic E-state index is 5.52. The van der Waals surface area contributed by atoms with E-state index in [0.29, 0.717) is 17.8 Å². The molecule has 0 saturated heterocycles. The lowest BCUT2D eigenvalue weighted by Crippen LogP contribution is -2.22. The molecule has 0 aliphatic heterocycles. The van der Waals surface area contributed by atoms with Gasteiger partial charge in [0, 0.05) is 7.11 Å². The molecule has 5 atom stereocenters. The van der Waals surface area contributed by atoms with Crippen molar-refractivity contribution >= 4 is 0 Å². The van der Waals surface area contributed by atoms with E-state index in [1.54, 1.807) is 7.11 Å². The number of allylic oxidation sites excluding steroid dienone is 12. The number of ether oxygens (including phenoxy) is 1. The maximum absolute atomic E-state index is 5.52. The maximum Gasteiger partial charge on any atom is 0.0622 e. The summed E-state index contributed by atoms with van der Waals surface area (Å²) in [4.78, 5) is 0. The molecule has 0 fully saturated rings. The van der Waals surface area contributed by atoms with Crippen LogP contribution in [0.1, 0.15) is 140 Å². The Kier molecular flexibility index (Phi) is 23.9. The van der Waals surface area contributed by atoms with E-state index in [2.05, 4.69) is 136 Å². The monoisotopic (exact) mass is 581 g/mol. The molecule has 0 heterocycles. The molecule has 0 aliphatic rings. The Morgan fingerprint density at radius 3 is 1.83 bits per heavy atom. The Balaban J connectivity index is 4.21. The van der Waals surface area contributed by atoms with Gasteiger partial charge < -0.3 is 4.74 Å². The van der Waals surface area contributed by atoms with Crippen LogP contribution in [0.5, 0.6) is 0 Å². The molecule has 1 nitrogen and oxygen atoms in total. The summed E-state index contributed by atoms with van der Waals surface area (Å²) in [6, 6.07) is 0. The second kappa shape index (κ2) is 24.8. The highest BCUT2D eigenvalue weighted by Crippen LogP contribution is 2.21. The molecule has 0 radical (unpaired) electrons. The van der Waals surface area contributed by atoms with Gasteiger partial charge in [-0.3, -0.25) is 0 Å². The molecule has 42 heavy (non-hydrogen) atoms. The van der Waals surface area contributed by atoms with Gasteiger partial charge in [0.25, 0.3) is 0 Å². The average molecular weight is 581 g/mol. The van der Waals surface area contributed by atoms with Crippen molar-refractivity contribution in [3.8, 4) is 0 Å². The van der Waals surface area contributed by atoms with E-state index < -0.39 is 0 Å². The molecule has 0 aromatic heterocycles. The molecule has 0 aliphatic carbocycles. The fourth-order valence-corrected chi connectivity index (χ4v) is 5.08. The summed E-state index contributed by atoms with van der Waals surface area (Å²) in [6.07, 6.45) is 39.2. The lowest BCUT2D eigenvalue weighted by molar-refractivity contribution is 0.0130. The minimum Gasteiger partial charge on any atom is -0.379 e. The average Bonchev–Trinajstić information content (AvgIpc) is 2.91. The molecule has 0 N–H and O–H groups in total. The van der Waals surface area contributed by atoms with Crippen LogP contribution in [-0.4, -0.2) is 12.7 Å². The van der Waals surface area contributed by atoms with Crippen LogP contribution in [0, 0.1) is 35.5 Å². The summed E-state index contributed by atoms with van der Waals surface area (Å²) in [7, 11) is 1.81. The van der Waals surface area contributed by atoms with Gasteiger partial charge in [0.05, 0.1) is 5.60 Å². The third-order valence-corrected chi connectivity index (χ3v) is 8.48. The normalized spacial score (nSPS) is 17.5. The van der Waals surface area contributed by atoms with Crippen molar-refractivity contribution in [2.75, 3.05) is 7.11 Å². The summed E-state index contributed by atoms with van der Waals surface area (Å²) in [5.74, 6) is 4.05. The van der Waals surface area contributed by atoms with Gasteiger partial charge in [-0.15, -0.1) is 0 Å². The molecule has 0 saturated carbocycles. The summed E-state index contributed by atoms with van der Waals surface area (Å²) in [5, 5.41) is 0. The van der Waals surface area contributed by atoms with Crippen molar-refractivity contribution < 1.29 is 4.74 Å². The van der Waals surface area contributed by atoms with Crippen LogP contribution in [0.15, 0.2) is 72.4 Å². The molecule has 0 aromatic carbocycles. The summed E-state index contributed by atoms with van der Waals surface area (Å²) < 4.78 is 5.52. The van der Waals surface area contributed by atoms with Gasteiger partial charge in [-0.1, -0.05) is 166 Å². The van der Waals surface area contributed by atoms with Gasteiger partial charge in [0.2, 0.25) is 0 Å². The van der Waals surface area contributed by atoms with E-state index in [1.165, 1.54) is 63.4 Å². The lowest BCUT2D eigenvalue weighted by atomic mass is 9.92. The van der Waals surface area contributed by atoms with Crippen LogP contribution >= 0.6 is 0 Å². The summed E-state index contributed by atoms with van der Waals surface area (Å²) >= 11 is 0. The predicted molar refractivity (Wildman–Crippen MR) is 192 cm³/mol. The smallest absolute Gasteiger partial charge is 0.0622 e. The second-order valence-electron chi connectivity index (χ2n) is 14.5. The molecule has 5 unspecified atom stereocenters. The Morgan fingerprint density at radius 1 is 0.643 bits per heavy atom. The zero-order valence-corrected chi connectivity index (χ0v) is 30.0. The molecule has 0 rings (SSSR count). The minimum atomic E-state index is -0.00302. The minimum absolute atomic E-state index is 0.00302. The van der Waals surface area contributed by atoms with Crippen LogP contribution in [-0.2, 0) is 4.74 Å². The number of methoxy groups -OCH3 is 1. The Morgan fingerprint density at radius 2 is 1.21 bits per heavy atom. The van der Waals surface area contributed by atoms with E-state index in [-0.39, 0.29) is 5.60 Å². The first-order valence-electron chi connectivity index (χ1n) is 17.4. The van der Waals surface area contributed by atoms with Crippen LogP contribution in [0.25, 0.3) is 0 Å². The van der Waals surface area contributed by atoms with E-state index in [0.717, 1.165) is 30.6 Å². The van der Waals surface area contributed by atoms with Gasteiger partial charge in [0.15, 0.2) is 0 Å². The predicted octanol–water partition coefficient (Wildman–Crippen LogP) is 13.3. The molecule has 1 heteroatoms. The fraction of sp³-hybridized carbons (Fsp3) is 0.707. The van der Waals surface area contributed by atoms with Crippen molar-refractivity contribution in [3.63, 3.8) is 0 Å². The Labute approximate surface area is 264 Å². The number of rotatable bonds is 24. The topological polar surface area (TPSA) is 9.23 Å². The van der Waals surface area contributed by atoms with Crippen LogP contribution in [0.3, 0.4) is 0 Å². The van der Waals surface area contributed by atoms with Gasteiger partial charge in [-0.25, -0.2) is 0 Å². The quantitative estimate of drug-likeness (QED) is 0.0815.